The van der Waals surface area contributed by atoms with Crippen molar-refractivity contribution < 1.29 is 37.0 Å². The SMILES string of the molecule is CC[C@@]1(OC(=O)[C@H](CC2CCCCC2)NC(=O)C(F)(F)F)C(=O)OCc2c1cc1n(c2=O)Cc2cc3ccccc3nc2-1. The Morgan fingerprint density at radius 3 is 2.63 bits per heavy atom. The van der Waals surface area contributed by atoms with Crippen LogP contribution in [0.4, 0.5) is 13.2 Å². The first-order valence-electron chi connectivity index (χ1n) is 14.5. The van der Waals surface area contributed by atoms with E-state index in [0.717, 1.165) is 30.2 Å². The van der Waals surface area contributed by atoms with Crippen molar-refractivity contribution in [2.75, 3.05) is 0 Å². The summed E-state index contributed by atoms with van der Waals surface area (Å²) in [5.74, 6) is -4.51. The van der Waals surface area contributed by atoms with Crippen molar-refractivity contribution in [1.29, 1.82) is 0 Å². The van der Waals surface area contributed by atoms with E-state index in [9.17, 15) is 32.3 Å². The third kappa shape index (κ3) is 5.06. The molecule has 6 rings (SSSR count). The Labute approximate surface area is 244 Å². The zero-order valence-electron chi connectivity index (χ0n) is 23.5. The average Bonchev–Trinajstić information content (AvgIpc) is 3.34. The highest BCUT2D eigenvalue weighted by Crippen LogP contribution is 2.41. The molecule has 12 heteroatoms. The zero-order valence-corrected chi connectivity index (χ0v) is 23.5. The molecule has 1 amide bonds. The van der Waals surface area contributed by atoms with Gasteiger partial charge in [0.1, 0.15) is 12.6 Å². The van der Waals surface area contributed by atoms with Crippen molar-refractivity contribution in [3.63, 3.8) is 0 Å². The second-order valence-electron chi connectivity index (χ2n) is 11.4. The standard InChI is InChI=1S/C31H30F3N3O6/c1-2-30(43-27(39)23(36-28(40)31(32,33)34)12-17-8-4-3-5-9-17)21-14-24-25-19(13-18-10-6-7-11-22(18)35-25)15-37(24)26(38)20(21)16-42-29(30)41/h6-7,10-11,13-14,17,23H,2-5,8-9,12,15-16H2,1H3,(H,36,40)/t23-,30-/m0/s1. The van der Waals surface area contributed by atoms with Gasteiger partial charge in [0.05, 0.1) is 29.0 Å². The number of pyridine rings is 2. The lowest BCUT2D eigenvalue weighted by Gasteiger charge is -2.37. The third-order valence-electron chi connectivity index (χ3n) is 8.80. The lowest BCUT2D eigenvalue weighted by atomic mass is 9.84. The molecule has 1 saturated carbocycles. The number of hydrogen-bond donors (Lipinski definition) is 1. The van der Waals surface area contributed by atoms with Gasteiger partial charge in [-0.3, -0.25) is 9.59 Å². The first-order valence-corrected chi connectivity index (χ1v) is 14.5. The van der Waals surface area contributed by atoms with Crippen molar-refractivity contribution in [3.05, 3.63) is 63.4 Å². The van der Waals surface area contributed by atoms with Gasteiger partial charge in [-0.05, 0) is 37.0 Å². The summed E-state index contributed by atoms with van der Waals surface area (Å²) in [5.41, 5.74) is 0.145. The number of ether oxygens (including phenoxy) is 2. The number of para-hydroxylation sites is 1. The van der Waals surface area contributed by atoms with Crippen molar-refractivity contribution in [2.45, 2.75) is 82.8 Å². The molecular formula is C31H30F3N3O6. The number of rotatable bonds is 6. The predicted octanol–water partition coefficient (Wildman–Crippen LogP) is 4.65. The van der Waals surface area contributed by atoms with E-state index in [2.05, 4.69) is 0 Å². The highest BCUT2D eigenvalue weighted by Gasteiger charge is 2.52. The van der Waals surface area contributed by atoms with Crippen LogP contribution in [0.15, 0.2) is 41.2 Å². The number of alkyl halides is 3. The van der Waals surface area contributed by atoms with Gasteiger partial charge in [-0.1, -0.05) is 57.2 Å². The van der Waals surface area contributed by atoms with Crippen LogP contribution in [0.2, 0.25) is 0 Å². The Hall–Kier alpha value is -4.22. The topological polar surface area (TPSA) is 117 Å². The molecule has 1 N–H and O–H groups in total. The normalized spacial score (nSPS) is 20.5. The largest absolute Gasteiger partial charge is 0.471 e. The van der Waals surface area contributed by atoms with Gasteiger partial charge in [-0.15, -0.1) is 0 Å². The van der Waals surface area contributed by atoms with Crippen molar-refractivity contribution in [1.82, 2.24) is 14.9 Å². The van der Waals surface area contributed by atoms with Gasteiger partial charge in [0.25, 0.3) is 5.56 Å². The summed E-state index contributed by atoms with van der Waals surface area (Å²) in [6, 6.07) is 9.36. The number of nitrogens with zero attached hydrogens (tertiary/aromatic N) is 2. The van der Waals surface area contributed by atoms with E-state index < -0.39 is 41.2 Å². The maximum absolute atomic E-state index is 13.7. The highest BCUT2D eigenvalue weighted by molar-refractivity contribution is 5.91. The van der Waals surface area contributed by atoms with Crippen LogP contribution in [0.5, 0.6) is 0 Å². The molecule has 0 spiro atoms. The number of carbonyl (C=O) groups is 3. The fourth-order valence-corrected chi connectivity index (χ4v) is 6.54. The van der Waals surface area contributed by atoms with Crippen LogP contribution in [-0.4, -0.2) is 39.6 Å². The quantitative estimate of drug-likeness (QED) is 0.322. The van der Waals surface area contributed by atoms with E-state index in [-0.39, 0.29) is 43.0 Å². The van der Waals surface area contributed by atoms with E-state index in [1.807, 2.05) is 30.3 Å². The van der Waals surface area contributed by atoms with Crippen LogP contribution >= 0.6 is 0 Å². The Balaban J connectivity index is 1.40. The fourth-order valence-electron chi connectivity index (χ4n) is 6.54. The molecule has 226 valence electrons. The van der Waals surface area contributed by atoms with E-state index in [0.29, 0.717) is 29.7 Å². The highest BCUT2D eigenvalue weighted by atomic mass is 19.4. The maximum Gasteiger partial charge on any atom is 0.471 e. The van der Waals surface area contributed by atoms with Crippen molar-refractivity contribution in [3.8, 4) is 11.4 Å². The predicted molar refractivity (Wildman–Crippen MR) is 148 cm³/mol. The number of amides is 1. The van der Waals surface area contributed by atoms with E-state index in [4.69, 9.17) is 14.5 Å². The molecule has 2 aromatic heterocycles. The van der Waals surface area contributed by atoms with Crippen molar-refractivity contribution >= 4 is 28.7 Å². The number of benzene rings is 1. The molecule has 1 fully saturated rings. The van der Waals surface area contributed by atoms with Crippen LogP contribution in [0.3, 0.4) is 0 Å². The molecular weight excluding hydrogens is 567 g/mol. The number of fused-ring (bicyclic) bond motifs is 5. The number of nitrogens with one attached hydrogen (secondary N) is 1. The third-order valence-corrected chi connectivity index (χ3v) is 8.80. The first-order chi connectivity index (χ1) is 20.5. The smallest absolute Gasteiger partial charge is 0.457 e. The first kappa shape index (κ1) is 28.9. The molecule has 9 nitrogen and oxygen atoms in total. The molecule has 1 aliphatic carbocycles. The van der Waals surface area contributed by atoms with Crippen LogP contribution in [0, 0.1) is 5.92 Å². The molecule has 3 aromatic rings. The maximum atomic E-state index is 13.7. The lowest BCUT2D eigenvalue weighted by molar-refractivity contribution is -0.192. The number of halogens is 3. The Morgan fingerprint density at radius 2 is 1.91 bits per heavy atom. The molecule has 3 aliphatic rings. The summed E-state index contributed by atoms with van der Waals surface area (Å²) in [4.78, 5) is 57.4. The fraction of sp³-hybridized carbons (Fsp3) is 0.452. The Bertz CT molecular complexity index is 1690. The Kier molecular flexibility index (Phi) is 7.26. The minimum Gasteiger partial charge on any atom is -0.457 e. The minimum atomic E-state index is -5.22. The number of hydrogen-bond acceptors (Lipinski definition) is 7. The zero-order chi connectivity index (χ0) is 30.5. The van der Waals surface area contributed by atoms with Crippen LogP contribution in [0.25, 0.3) is 22.3 Å². The monoisotopic (exact) mass is 597 g/mol. The Morgan fingerprint density at radius 1 is 1.16 bits per heavy atom. The van der Waals surface area contributed by atoms with Crippen molar-refractivity contribution in [2.24, 2.45) is 5.92 Å². The number of cyclic esters (lactones) is 1. The number of esters is 2. The summed E-state index contributed by atoms with van der Waals surface area (Å²) < 4.78 is 52.3. The number of carbonyl (C=O) groups excluding carboxylic acids is 3. The second-order valence-corrected chi connectivity index (χ2v) is 11.4. The van der Waals surface area contributed by atoms with Gasteiger partial charge < -0.3 is 19.4 Å². The summed E-state index contributed by atoms with van der Waals surface area (Å²) in [7, 11) is 0. The number of aromatic nitrogens is 2. The van der Waals surface area contributed by atoms with Gasteiger partial charge in [0, 0.05) is 16.5 Å². The van der Waals surface area contributed by atoms with Crippen LogP contribution in [-0.2, 0) is 42.6 Å². The molecule has 4 heterocycles. The van der Waals surface area contributed by atoms with Gasteiger partial charge >= 0.3 is 24.0 Å². The molecule has 2 atom stereocenters. The van der Waals surface area contributed by atoms with Crippen LogP contribution in [0.1, 0.15) is 68.6 Å². The van der Waals surface area contributed by atoms with E-state index in [1.165, 1.54) is 4.57 Å². The second kappa shape index (κ2) is 10.8. The molecule has 0 radical (unpaired) electrons. The summed E-state index contributed by atoms with van der Waals surface area (Å²) in [6.07, 6.45) is -1.36. The molecule has 0 bridgehead atoms. The average molecular weight is 598 g/mol. The van der Waals surface area contributed by atoms with E-state index >= 15 is 0 Å². The molecule has 43 heavy (non-hydrogen) atoms. The molecule has 0 saturated heterocycles. The lowest BCUT2D eigenvalue weighted by Crippen LogP contribution is -2.53. The molecule has 1 aromatic carbocycles. The van der Waals surface area contributed by atoms with E-state index in [1.54, 1.807) is 18.3 Å². The molecule has 0 unspecified atom stereocenters. The summed E-state index contributed by atoms with van der Waals surface area (Å²) >= 11 is 0. The van der Waals surface area contributed by atoms with Gasteiger partial charge in [-0.2, -0.15) is 13.2 Å². The van der Waals surface area contributed by atoms with Crippen LogP contribution < -0.4 is 10.9 Å². The summed E-state index contributed by atoms with van der Waals surface area (Å²) in [5, 5.41) is 2.69. The summed E-state index contributed by atoms with van der Waals surface area (Å²) in [6.45, 7) is 1.45. The minimum absolute atomic E-state index is 0.0699. The molecule has 2 aliphatic heterocycles. The van der Waals surface area contributed by atoms with Gasteiger partial charge in [0.2, 0.25) is 5.60 Å². The van der Waals surface area contributed by atoms with Gasteiger partial charge in [0.15, 0.2) is 0 Å². The van der Waals surface area contributed by atoms with Gasteiger partial charge in [-0.25, -0.2) is 14.6 Å².